The average Bonchev–Trinajstić information content (AvgIpc) is 3.00. The number of benzene rings is 2. The van der Waals surface area contributed by atoms with Gasteiger partial charge in [0.05, 0.1) is 0 Å². The third-order valence-electron chi connectivity index (χ3n) is 4.27. The smallest absolute Gasteiger partial charge is 0.665 e. The molecule has 0 bridgehead atoms. The number of allylic oxidation sites excluding steroid dienone is 4. The molecule has 0 unspecified atom stereocenters. The molecular formula is C24H31Cl2NOSiTi. The number of rotatable bonds is 1. The number of hydrogen-bond acceptors (Lipinski definition) is 1. The van der Waals surface area contributed by atoms with Crippen molar-refractivity contribution in [3.05, 3.63) is 103 Å². The Morgan fingerprint density at radius 2 is 1.40 bits per heavy atom. The van der Waals surface area contributed by atoms with Crippen LogP contribution in [0, 0.1) is 20.9 Å². The molecule has 0 atom stereocenters. The fraction of sp³-hybridized carbons (Fsp3) is 0.250. The van der Waals surface area contributed by atoms with Crippen LogP contribution in [0.25, 0.3) is 16.1 Å². The van der Waals surface area contributed by atoms with Gasteiger partial charge in [0.2, 0.25) is 0 Å². The molecule has 30 heavy (non-hydrogen) atoms. The standard InChI is InChI=1S/C18H13.C4H10NOSi.2CH3.2ClH.Ti/c1-3-8-15-13(6-1)12-14-7-2-4-9-16(14)18-11-5-10-17(15)18;1-4(2,3)5-7-6;;;;;/h1-4,6-10H,5,12H2;7H,1-3H3;2*1H3;2*1H;/q4*-1;;;+4. The van der Waals surface area contributed by atoms with Gasteiger partial charge in [-0.05, 0) is 12.0 Å². The largest absolute Gasteiger partial charge is 4.00 e. The minimum Gasteiger partial charge on any atom is -0.665 e. The van der Waals surface area contributed by atoms with Crippen LogP contribution < -0.4 is 0 Å². The Balaban J connectivity index is -0.000000543. The first-order valence-electron chi connectivity index (χ1n) is 8.63. The van der Waals surface area contributed by atoms with Crippen LogP contribution in [0.3, 0.4) is 0 Å². The zero-order chi connectivity index (χ0) is 17.9. The summed E-state index contributed by atoms with van der Waals surface area (Å²) in [6.45, 7) is 5.79. The first-order chi connectivity index (χ1) is 12.0. The summed E-state index contributed by atoms with van der Waals surface area (Å²) in [7, 11) is -0.916. The maximum atomic E-state index is 9.86. The van der Waals surface area contributed by atoms with Gasteiger partial charge in [0.1, 0.15) is 0 Å². The number of hydrogen-bond donors (Lipinski definition) is 0. The first-order valence-corrected chi connectivity index (χ1v) is 9.62. The third kappa shape index (κ3) is 8.28. The molecule has 4 rings (SSSR count). The second kappa shape index (κ2) is 14.9. The van der Waals surface area contributed by atoms with Crippen molar-refractivity contribution in [3.63, 3.8) is 0 Å². The van der Waals surface area contributed by atoms with E-state index in [-0.39, 0.29) is 66.9 Å². The molecule has 2 aromatic carbocycles. The second-order valence-electron chi connectivity index (χ2n) is 7.27. The summed E-state index contributed by atoms with van der Waals surface area (Å²) in [5.74, 6) is 0. The van der Waals surface area contributed by atoms with Crippen LogP contribution in [-0.4, -0.2) is 15.1 Å². The van der Waals surface area contributed by atoms with E-state index in [0.29, 0.717) is 0 Å². The molecule has 0 N–H and O–H groups in total. The van der Waals surface area contributed by atoms with E-state index >= 15 is 0 Å². The Bertz CT molecular complexity index is 801. The molecule has 0 amide bonds. The average molecular weight is 496 g/mol. The van der Waals surface area contributed by atoms with E-state index in [9.17, 15) is 4.46 Å². The molecule has 0 aliphatic heterocycles. The van der Waals surface area contributed by atoms with E-state index in [0.717, 1.165) is 12.8 Å². The quantitative estimate of drug-likeness (QED) is 0.314. The van der Waals surface area contributed by atoms with Crippen LogP contribution in [0.5, 0.6) is 0 Å². The second-order valence-corrected chi connectivity index (χ2v) is 7.74. The van der Waals surface area contributed by atoms with Gasteiger partial charge in [-0.25, -0.2) is 0 Å². The molecule has 0 saturated heterocycles. The molecule has 0 fully saturated rings. The predicted octanol–water partition coefficient (Wildman–Crippen LogP) is 6.86. The van der Waals surface area contributed by atoms with Gasteiger partial charge < -0.3 is 24.3 Å². The molecule has 0 spiro atoms. The summed E-state index contributed by atoms with van der Waals surface area (Å²) in [4.78, 5) is 3.78. The van der Waals surface area contributed by atoms with Crippen LogP contribution in [0.1, 0.15) is 49.4 Å². The van der Waals surface area contributed by atoms with Gasteiger partial charge in [0, 0.05) is 0 Å². The van der Waals surface area contributed by atoms with Gasteiger partial charge in [0.25, 0.3) is 0 Å². The molecule has 2 nitrogen and oxygen atoms in total. The zero-order valence-electron chi connectivity index (χ0n) is 18.4. The van der Waals surface area contributed by atoms with Crippen LogP contribution in [0.2, 0.25) is 0 Å². The zero-order valence-corrected chi connectivity index (χ0v) is 22.7. The van der Waals surface area contributed by atoms with Gasteiger partial charge >= 0.3 is 21.7 Å². The summed E-state index contributed by atoms with van der Waals surface area (Å²) in [6.07, 6.45) is 7.78. The Kier molecular flexibility index (Phi) is 16.8. The van der Waals surface area contributed by atoms with Crippen molar-refractivity contribution < 1.29 is 26.2 Å². The van der Waals surface area contributed by atoms with E-state index in [1.54, 1.807) is 0 Å². The predicted molar refractivity (Wildman–Crippen MR) is 133 cm³/mol. The SMILES string of the molecule is CC(C)(C)[N-][SiH]=O.Cl.Cl.[C-]1=C2C(=CC1)c1ccccc1Cc1ccccc12.[CH3-].[CH3-].[Ti+4]. The summed E-state index contributed by atoms with van der Waals surface area (Å²) in [5, 5.41) is 0. The first kappa shape index (κ1) is 33.7. The summed E-state index contributed by atoms with van der Waals surface area (Å²) in [6, 6.07) is 17.5. The van der Waals surface area contributed by atoms with E-state index in [4.69, 9.17) is 0 Å². The minimum atomic E-state index is -0.916. The Labute approximate surface area is 212 Å². The van der Waals surface area contributed by atoms with E-state index in [1.165, 1.54) is 33.4 Å². The van der Waals surface area contributed by atoms with Gasteiger partial charge in [-0.15, -0.1) is 53.6 Å². The van der Waals surface area contributed by atoms with Crippen LogP contribution >= 0.6 is 24.8 Å². The molecule has 2 aromatic rings. The van der Waals surface area contributed by atoms with Crippen molar-refractivity contribution in [1.29, 1.82) is 0 Å². The number of nitrogens with zero attached hydrogens (tertiary/aromatic N) is 1. The molecule has 0 saturated carbocycles. The molecule has 6 heteroatoms. The van der Waals surface area contributed by atoms with Crippen LogP contribution in [0.4, 0.5) is 0 Å². The third-order valence-corrected chi connectivity index (χ3v) is 5.15. The molecule has 0 heterocycles. The van der Waals surface area contributed by atoms with Crippen molar-refractivity contribution in [2.24, 2.45) is 0 Å². The van der Waals surface area contributed by atoms with Crippen molar-refractivity contribution in [2.75, 3.05) is 0 Å². The van der Waals surface area contributed by atoms with Crippen molar-refractivity contribution >= 4 is 45.5 Å². The summed E-state index contributed by atoms with van der Waals surface area (Å²) in [5.41, 5.74) is 8.15. The summed E-state index contributed by atoms with van der Waals surface area (Å²) >= 11 is 0. The fourth-order valence-corrected chi connectivity index (χ4v) is 3.47. The van der Waals surface area contributed by atoms with Crippen molar-refractivity contribution in [3.8, 4) is 0 Å². The number of halogens is 2. The van der Waals surface area contributed by atoms with E-state index < -0.39 is 9.57 Å². The molecule has 160 valence electrons. The monoisotopic (exact) mass is 495 g/mol. The molecule has 0 radical (unpaired) electrons. The van der Waals surface area contributed by atoms with E-state index in [1.807, 2.05) is 20.8 Å². The fourth-order valence-electron chi connectivity index (χ4n) is 3.16. The maximum absolute atomic E-state index is 9.86. The summed E-state index contributed by atoms with van der Waals surface area (Å²) < 4.78 is 9.86. The van der Waals surface area contributed by atoms with Gasteiger partial charge in [0.15, 0.2) is 9.57 Å². The normalized spacial score (nSPS) is 12.1. The molecule has 2 aliphatic rings. The maximum Gasteiger partial charge on any atom is 4.00 e. The van der Waals surface area contributed by atoms with Crippen LogP contribution in [-0.2, 0) is 32.6 Å². The molecule has 2 aliphatic carbocycles. The molecular weight excluding hydrogens is 465 g/mol. The Hall–Kier alpha value is -0.969. The van der Waals surface area contributed by atoms with Gasteiger partial charge in [-0.1, -0.05) is 80.8 Å². The Morgan fingerprint density at radius 3 is 1.90 bits per heavy atom. The number of fused-ring (bicyclic) bond motifs is 5. The van der Waals surface area contributed by atoms with Crippen LogP contribution in [0.15, 0.2) is 54.6 Å². The van der Waals surface area contributed by atoms with Gasteiger partial charge in [-0.2, -0.15) is 11.6 Å². The Morgan fingerprint density at radius 1 is 0.900 bits per heavy atom. The van der Waals surface area contributed by atoms with E-state index in [2.05, 4.69) is 65.7 Å². The van der Waals surface area contributed by atoms with Crippen molar-refractivity contribution in [1.82, 2.24) is 0 Å². The minimum absolute atomic E-state index is 0. The molecule has 0 aromatic heterocycles. The van der Waals surface area contributed by atoms with Crippen molar-refractivity contribution in [2.45, 2.75) is 39.2 Å². The van der Waals surface area contributed by atoms with Gasteiger partial charge in [-0.3, -0.25) is 0 Å². The topological polar surface area (TPSA) is 31.2 Å².